The van der Waals surface area contributed by atoms with Gasteiger partial charge in [0.05, 0.1) is 16.2 Å². The van der Waals surface area contributed by atoms with Crippen molar-refractivity contribution in [2.75, 3.05) is 13.2 Å². The van der Waals surface area contributed by atoms with E-state index in [0.29, 0.717) is 35.1 Å². The molecular weight excluding hydrogens is 651 g/mol. The molecule has 9 nitrogen and oxygen atoms in total. The second-order valence-corrected chi connectivity index (χ2v) is 12.0. The number of rotatable bonds is 8. The molecule has 2 amide bonds. The number of ether oxygens (including phenoxy) is 1. The second kappa shape index (κ2) is 13.8. The predicted molar refractivity (Wildman–Crippen MR) is 166 cm³/mol. The summed E-state index contributed by atoms with van der Waals surface area (Å²) in [6, 6.07) is 14.8. The van der Waals surface area contributed by atoms with Crippen molar-refractivity contribution >= 4 is 45.4 Å². The summed E-state index contributed by atoms with van der Waals surface area (Å²) >= 11 is 2.14. The first-order valence-electron chi connectivity index (χ1n) is 14.4. The number of para-hydroxylation sites is 2. The van der Waals surface area contributed by atoms with Crippen LogP contribution in [0.1, 0.15) is 55.3 Å². The number of aliphatic hydroxyl groups is 2. The molecule has 42 heavy (non-hydrogen) atoms. The highest BCUT2D eigenvalue weighted by Crippen LogP contribution is 2.34. The Bertz CT molecular complexity index is 1510. The lowest BCUT2D eigenvalue weighted by Crippen LogP contribution is -2.58. The van der Waals surface area contributed by atoms with Gasteiger partial charge in [0.25, 0.3) is 5.91 Å². The largest absolute Gasteiger partial charge is 0.482 e. The first-order chi connectivity index (χ1) is 20.4. The van der Waals surface area contributed by atoms with Crippen LogP contribution < -0.4 is 15.7 Å². The van der Waals surface area contributed by atoms with E-state index in [1.54, 1.807) is 47.4 Å². The Morgan fingerprint density at radius 3 is 2.50 bits per heavy atom. The van der Waals surface area contributed by atoms with Crippen LogP contribution in [0.4, 0.5) is 0 Å². The van der Waals surface area contributed by atoms with Gasteiger partial charge in [-0.15, -0.1) is 0 Å². The summed E-state index contributed by atoms with van der Waals surface area (Å²) in [5, 5.41) is 24.4. The Hall–Kier alpha value is -3.22. The van der Waals surface area contributed by atoms with Crippen molar-refractivity contribution < 1.29 is 29.0 Å². The van der Waals surface area contributed by atoms with Crippen molar-refractivity contribution in [2.45, 2.75) is 69.2 Å². The number of nitrogens with zero attached hydrogens (tertiary/aromatic N) is 1. The zero-order valence-corrected chi connectivity index (χ0v) is 25.4. The number of hydrogen-bond acceptors (Lipinski definition) is 7. The normalized spacial score (nSPS) is 21.3. The van der Waals surface area contributed by atoms with E-state index in [2.05, 4.69) is 27.9 Å². The summed E-state index contributed by atoms with van der Waals surface area (Å²) in [6.07, 6.45) is 4.85. The van der Waals surface area contributed by atoms with E-state index in [0.717, 1.165) is 29.3 Å². The van der Waals surface area contributed by atoms with Crippen LogP contribution in [-0.2, 0) is 4.79 Å². The van der Waals surface area contributed by atoms with Crippen molar-refractivity contribution in [1.82, 2.24) is 10.2 Å². The lowest BCUT2D eigenvalue weighted by Gasteiger charge is -2.44. The second-order valence-electron chi connectivity index (χ2n) is 10.8. The number of halogens is 1. The number of carbonyl (C=O) groups is 2. The maximum atomic E-state index is 14.4. The van der Waals surface area contributed by atoms with Crippen LogP contribution in [0, 0.1) is 3.57 Å². The molecule has 5 rings (SSSR count). The molecule has 222 valence electrons. The van der Waals surface area contributed by atoms with Gasteiger partial charge >= 0.3 is 5.63 Å². The summed E-state index contributed by atoms with van der Waals surface area (Å²) in [4.78, 5) is 42.3. The van der Waals surface area contributed by atoms with Gasteiger partial charge in [0, 0.05) is 30.0 Å². The van der Waals surface area contributed by atoms with Gasteiger partial charge in [-0.25, -0.2) is 4.79 Å². The van der Waals surface area contributed by atoms with Crippen molar-refractivity contribution in [2.24, 2.45) is 0 Å². The molecule has 1 saturated carbocycles. The quantitative estimate of drug-likeness (QED) is 0.184. The van der Waals surface area contributed by atoms with Gasteiger partial charge in [0.2, 0.25) is 5.91 Å². The van der Waals surface area contributed by atoms with E-state index >= 15 is 0 Å². The topological polar surface area (TPSA) is 129 Å². The van der Waals surface area contributed by atoms with E-state index in [1.165, 1.54) is 0 Å². The molecule has 0 unspecified atom stereocenters. The minimum absolute atomic E-state index is 0.0608. The molecule has 3 aromatic rings. The van der Waals surface area contributed by atoms with Crippen molar-refractivity contribution in [3.05, 3.63) is 85.8 Å². The van der Waals surface area contributed by atoms with Crippen LogP contribution in [0.2, 0.25) is 0 Å². The van der Waals surface area contributed by atoms with Crippen LogP contribution in [0.3, 0.4) is 0 Å². The monoisotopic (exact) mass is 686 g/mol. The van der Waals surface area contributed by atoms with Crippen LogP contribution in [0.25, 0.3) is 11.0 Å². The van der Waals surface area contributed by atoms with Gasteiger partial charge in [0.1, 0.15) is 29.1 Å². The standard InChI is InChI=1S/C32H35IN2O7/c33-24-12-6-8-14-27(24)41-28-19-21(30(38)34-15-16-36)18-25(29(28)37)35(22-10-3-1-2-4-11-22)31(39)23-17-20-9-5-7-13-26(20)42-32(23)40/h5-9,12-14,17,19,22,25,28-29,36-37H,1-4,10-11,15-16,18H2,(H,34,38)/t25-,28+,29+/m1/s1. The average Bonchev–Trinajstić information content (AvgIpc) is 3.28. The van der Waals surface area contributed by atoms with E-state index in [1.807, 2.05) is 18.2 Å². The Balaban J connectivity index is 1.57. The third kappa shape index (κ3) is 6.71. The molecule has 0 aliphatic heterocycles. The number of benzene rings is 2. The predicted octanol–water partition coefficient (Wildman–Crippen LogP) is 4.18. The zero-order valence-electron chi connectivity index (χ0n) is 23.2. The molecule has 10 heteroatoms. The van der Waals surface area contributed by atoms with Crippen LogP contribution >= 0.6 is 22.6 Å². The van der Waals surface area contributed by atoms with Crippen LogP contribution in [0.15, 0.2) is 75.5 Å². The molecular formula is C32H35IN2O7. The minimum atomic E-state index is -1.19. The molecule has 3 N–H and O–H groups in total. The fourth-order valence-electron chi connectivity index (χ4n) is 5.91. The van der Waals surface area contributed by atoms with Gasteiger partial charge in [-0.3, -0.25) is 9.59 Å². The van der Waals surface area contributed by atoms with Crippen molar-refractivity contribution in [3.63, 3.8) is 0 Å². The molecule has 2 aromatic carbocycles. The first-order valence-corrected chi connectivity index (χ1v) is 15.5. The fourth-order valence-corrected chi connectivity index (χ4v) is 6.42. The van der Waals surface area contributed by atoms with Crippen LogP contribution in [-0.4, -0.2) is 64.4 Å². The maximum Gasteiger partial charge on any atom is 0.349 e. The molecule has 1 fully saturated rings. The van der Waals surface area contributed by atoms with E-state index in [9.17, 15) is 24.6 Å². The lowest BCUT2D eigenvalue weighted by molar-refractivity contribution is -0.118. The summed E-state index contributed by atoms with van der Waals surface area (Å²) in [5.74, 6) is -0.400. The van der Waals surface area contributed by atoms with E-state index < -0.39 is 35.7 Å². The Morgan fingerprint density at radius 1 is 1.05 bits per heavy atom. The number of nitrogens with one attached hydrogen (secondary N) is 1. The Morgan fingerprint density at radius 2 is 1.76 bits per heavy atom. The summed E-state index contributed by atoms with van der Waals surface area (Å²) in [6.45, 7) is -0.160. The molecule has 1 heterocycles. The summed E-state index contributed by atoms with van der Waals surface area (Å²) in [7, 11) is 0. The average molecular weight is 687 g/mol. The minimum Gasteiger partial charge on any atom is -0.482 e. The fraction of sp³-hybridized carbons (Fsp3) is 0.406. The number of hydrogen-bond donors (Lipinski definition) is 3. The molecule has 3 atom stereocenters. The summed E-state index contributed by atoms with van der Waals surface area (Å²) < 4.78 is 12.6. The molecule has 2 aliphatic carbocycles. The third-order valence-electron chi connectivity index (χ3n) is 8.00. The Labute approximate surface area is 257 Å². The number of aliphatic hydroxyl groups excluding tert-OH is 2. The van der Waals surface area contributed by atoms with Gasteiger partial charge in [-0.1, -0.05) is 56.0 Å². The Kier molecular flexibility index (Phi) is 9.96. The highest BCUT2D eigenvalue weighted by atomic mass is 127. The summed E-state index contributed by atoms with van der Waals surface area (Å²) in [5.41, 5.74) is -0.132. The zero-order chi connectivity index (χ0) is 29.6. The highest BCUT2D eigenvalue weighted by Gasteiger charge is 2.44. The first kappa shape index (κ1) is 30.2. The van der Waals surface area contributed by atoms with Gasteiger partial charge < -0.3 is 29.6 Å². The SMILES string of the molecule is O=C(NCCO)C1=C[C@H](Oc2ccccc2I)[C@@H](O)[C@H](N(C(=O)c2cc3ccccc3oc2=O)C2CCCCCC2)C1. The van der Waals surface area contributed by atoms with Gasteiger partial charge in [-0.05, 0) is 65.8 Å². The number of amides is 2. The maximum absolute atomic E-state index is 14.4. The molecule has 0 spiro atoms. The molecule has 2 aliphatic rings. The van der Waals surface area contributed by atoms with E-state index in [-0.39, 0.29) is 31.2 Å². The van der Waals surface area contributed by atoms with Gasteiger partial charge in [0.15, 0.2) is 0 Å². The molecule has 0 bridgehead atoms. The van der Waals surface area contributed by atoms with Crippen molar-refractivity contribution in [1.29, 1.82) is 0 Å². The number of fused-ring (bicyclic) bond motifs is 1. The van der Waals surface area contributed by atoms with Crippen molar-refractivity contribution in [3.8, 4) is 5.75 Å². The lowest BCUT2D eigenvalue weighted by atomic mass is 9.86. The molecule has 0 saturated heterocycles. The highest BCUT2D eigenvalue weighted by molar-refractivity contribution is 14.1. The molecule has 0 radical (unpaired) electrons. The van der Waals surface area contributed by atoms with Gasteiger partial charge in [-0.2, -0.15) is 0 Å². The number of carbonyl (C=O) groups excluding carboxylic acids is 2. The third-order valence-corrected chi connectivity index (χ3v) is 8.89. The molecule has 1 aromatic heterocycles. The smallest absolute Gasteiger partial charge is 0.349 e. The van der Waals surface area contributed by atoms with Crippen LogP contribution in [0.5, 0.6) is 5.75 Å². The van der Waals surface area contributed by atoms with E-state index in [4.69, 9.17) is 9.15 Å².